The number of aliphatic hydroxyl groups excluding tert-OH is 1. The molecule has 2 aromatic rings. The molecule has 1 aromatic heterocycles. The maximum atomic E-state index is 9.74. The number of rotatable bonds is 5. The second kappa shape index (κ2) is 6.30. The zero-order valence-corrected chi connectivity index (χ0v) is 12.6. The molecule has 0 bridgehead atoms. The lowest BCUT2D eigenvalue weighted by atomic mass is 10.1. The average Bonchev–Trinajstić information content (AvgIpc) is 2.77. The molecule has 19 heavy (non-hydrogen) atoms. The van der Waals surface area contributed by atoms with Crippen molar-refractivity contribution < 1.29 is 9.63 Å². The van der Waals surface area contributed by atoms with Gasteiger partial charge in [-0.3, -0.25) is 0 Å². The van der Waals surface area contributed by atoms with E-state index in [4.69, 9.17) is 4.52 Å². The number of hydrogen-bond acceptors (Lipinski definition) is 4. The Morgan fingerprint density at radius 2 is 2.21 bits per heavy atom. The molecular weight excluding hydrogens is 308 g/mol. The van der Waals surface area contributed by atoms with Gasteiger partial charge in [-0.05, 0) is 31.0 Å². The number of aliphatic hydroxyl groups is 1. The number of nitrogens with zero attached hydrogens (tertiary/aromatic N) is 2. The van der Waals surface area contributed by atoms with E-state index >= 15 is 0 Å². The summed E-state index contributed by atoms with van der Waals surface area (Å²) >= 11 is 3.50. The number of aromatic nitrogens is 2. The fraction of sp³-hybridized carbons (Fsp3) is 0.429. The summed E-state index contributed by atoms with van der Waals surface area (Å²) in [5.74, 6) is 1.02. The number of halogens is 1. The molecule has 0 radical (unpaired) electrons. The van der Waals surface area contributed by atoms with Crippen molar-refractivity contribution in [1.29, 1.82) is 0 Å². The van der Waals surface area contributed by atoms with Crippen molar-refractivity contribution >= 4 is 15.9 Å². The van der Waals surface area contributed by atoms with Gasteiger partial charge in [0.25, 0.3) is 0 Å². The number of aryl methyl sites for hydroxylation is 1. The van der Waals surface area contributed by atoms with E-state index in [2.05, 4.69) is 26.1 Å². The Morgan fingerprint density at radius 1 is 1.42 bits per heavy atom. The smallest absolute Gasteiger partial charge is 0.229 e. The zero-order chi connectivity index (χ0) is 13.8. The van der Waals surface area contributed by atoms with E-state index in [1.807, 2.05) is 32.0 Å². The van der Waals surface area contributed by atoms with Crippen molar-refractivity contribution in [2.24, 2.45) is 0 Å². The highest BCUT2D eigenvalue weighted by atomic mass is 79.9. The quantitative estimate of drug-likeness (QED) is 0.914. The Kier molecular flexibility index (Phi) is 4.71. The Labute approximate surface area is 121 Å². The monoisotopic (exact) mass is 324 g/mol. The third-order valence-electron chi connectivity index (χ3n) is 2.87. The van der Waals surface area contributed by atoms with Gasteiger partial charge in [0.15, 0.2) is 0 Å². The van der Waals surface area contributed by atoms with Crippen molar-refractivity contribution in [2.45, 2.75) is 39.2 Å². The van der Waals surface area contributed by atoms with Crippen LogP contribution in [0, 0.1) is 6.92 Å². The number of hydrogen-bond donors (Lipinski definition) is 1. The Morgan fingerprint density at radius 3 is 2.89 bits per heavy atom. The van der Waals surface area contributed by atoms with Crippen LogP contribution in [0.3, 0.4) is 0 Å². The molecule has 1 aromatic carbocycles. The standard InChI is InChI=1S/C14H17BrN2O2/c1-3-4-10(18)8-13-16-14(17-19-13)11-6-5-9(2)7-12(11)15/h5-7,10,18H,3-4,8H2,1-2H3. The molecule has 0 amide bonds. The van der Waals surface area contributed by atoms with Crippen LogP contribution in [0.4, 0.5) is 0 Å². The first-order chi connectivity index (χ1) is 9.10. The molecule has 0 fully saturated rings. The third kappa shape index (κ3) is 3.64. The van der Waals surface area contributed by atoms with Gasteiger partial charge in [-0.2, -0.15) is 4.98 Å². The van der Waals surface area contributed by atoms with Crippen LogP contribution in [0.5, 0.6) is 0 Å². The predicted octanol–water partition coefficient (Wildman–Crippen LogP) is 3.51. The number of benzene rings is 1. The molecule has 0 aliphatic rings. The summed E-state index contributed by atoms with van der Waals surface area (Å²) in [6, 6.07) is 5.97. The summed E-state index contributed by atoms with van der Waals surface area (Å²) in [6.45, 7) is 4.06. The van der Waals surface area contributed by atoms with Crippen molar-refractivity contribution in [1.82, 2.24) is 10.1 Å². The zero-order valence-electron chi connectivity index (χ0n) is 11.1. The summed E-state index contributed by atoms with van der Waals surface area (Å²) in [4.78, 5) is 4.33. The van der Waals surface area contributed by atoms with Crippen molar-refractivity contribution in [3.63, 3.8) is 0 Å². The molecule has 0 aliphatic carbocycles. The summed E-state index contributed by atoms with van der Waals surface area (Å²) in [6.07, 6.45) is 1.67. The highest BCUT2D eigenvalue weighted by Gasteiger charge is 2.14. The van der Waals surface area contributed by atoms with E-state index in [1.54, 1.807) is 0 Å². The van der Waals surface area contributed by atoms with Crippen LogP contribution in [-0.4, -0.2) is 21.4 Å². The maximum Gasteiger partial charge on any atom is 0.229 e. The fourth-order valence-corrected chi connectivity index (χ4v) is 2.56. The van der Waals surface area contributed by atoms with Crippen LogP contribution >= 0.6 is 15.9 Å². The molecule has 1 N–H and O–H groups in total. The maximum absolute atomic E-state index is 9.74. The van der Waals surface area contributed by atoms with Gasteiger partial charge in [0.2, 0.25) is 11.7 Å². The van der Waals surface area contributed by atoms with Crippen LogP contribution < -0.4 is 0 Å². The molecule has 2 rings (SSSR count). The van der Waals surface area contributed by atoms with E-state index in [0.29, 0.717) is 18.1 Å². The van der Waals surface area contributed by atoms with Crippen LogP contribution in [0.25, 0.3) is 11.4 Å². The molecule has 0 saturated carbocycles. The first-order valence-corrected chi connectivity index (χ1v) is 7.16. The van der Waals surface area contributed by atoms with Crippen LogP contribution in [0.15, 0.2) is 27.2 Å². The van der Waals surface area contributed by atoms with Crippen molar-refractivity contribution in [3.05, 3.63) is 34.1 Å². The van der Waals surface area contributed by atoms with E-state index < -0.39 is 6.10 Å². The van der Waals surface area contributed by atoms with Gasteiger partial charge >= 0.3 is 0 Å². The van der Waals surface area contributed by atoms with Gasteiger partial charge in [-0.25, -0.2) is 0 Å². The molecule has 5 heteroatoms. The van der Waals surface area contributed by atoms with E-state index in [9.17, 15) is 5.11 Å². The summed E-state index contributed by atoms with van der Waals surface area (Å²) in [5.41, 5.74) is 2.06. The minimum Gasteiger partial charge on any atom is -0.393 e. The van der Waals surface area contributed by atoms with Crippen LogP contribution in [0.2, 0.25) is 0 Å². The normalized spacial score (nSPS) is 12.6. The molecule has 0 saturated heterocycles. The second-order valence-corrected chi connectivity index (χ2v) is 5.50. The molecule has 0 aliphatic heterocycles. The van der Waals surface area contributed by atoms with Gasteiger partial charge < -0.3 is 9.63 Å². The first-order valence-electron chi connectivity index (χ1n) is 6.37. The average molecular weight is 325 g/mol. The fourth-order valence-electron chi connectivity index (χ4n) is 1.89. The molecule has 0 spiro atoms. The summed E-state index contributed by atoms with van der Waals surface area (Å²) in [5, 5.41) is 13.7. The lowest BCUT2D eigenvalue weighted by molar-refractivity contribution is 0.152. The van der Waals surface area contributed by atoms with Gasteiger partial charge in [0.05, 0.1) is 12.5 Å². The Balaban J connectivity index is 2.16. The molecule has 102 valence electrons. The summed E-state index contributed by atoms with van der Waals surface area (Å²) < 4.78 is 6.12. The van der Waals surface area contributed by atoms with Gasteiger partial charge in [0, 0.05) is 10.0 Å². The molecule has 1 unspecified atom stereocenters. The van der Waals surface area contributed by atoms with Gasteiger partial charge in [0.1, 0.15) is 0 Å². The van der Waals surface area contributed by atoms with Crippen LogP contribution in [-0.2, 0) is 6.42 Å². The second-order valence-electron chi connectivity index (χ2n) is 4.64. The third-order valence-corrected chi connectivity index (χ3v) is 3.52. The highest BCUT2D eigenvalue weighted by molar-refractivity contribution is 9.10. The Bertz CT molecular complexity index is 554. The topological polar surface area (TPSA) is 59.2 Å². The van der Waals surface area contributed by atoms with E-state index in [1.165, 1.54) is 0 Å². The summed E-state index contributed by atoms with van der Waals surface area (Å²) in [7, 11) is 0. The van der Waals surface area contributed by atoms with E-state index in [-0.39, 0.29) is 0 Å². The van der Waals surface area contributed by atoms with Crippen LogP contribution in [0.1, 0.15) is 31.2 Å². The predicted molar refractivity (Wildman–Crippen MR) is 76.8 cm³/mol. The lowest BCUT2D eigenvalue weighted by Crippen LogP contribution is -2.09. The SMILES string of the molecule is CCCC(O)Cc1nc(-c2ccc(C)cc2Br)no1. The van der Waals surface area contributed by atoms with Gasteiger partial charge in [-0.1, -0.05) is 40.5 Å². The molecule has 1 heterocycles. The molecule has 1 atom stereocenters. The van der Waals surface area contributed by atoms with Crippen molar-refractivity contribution in [2.75, 3.05) is 0 Å². The largest absolute Gasteiger partial charge is 0.393 e. The van der Waals surface area contributed by atoms with Gasteiger partial charge in [-0.15, -0.1) is 0 Å². The minimum absolute atomic E-state index is 0.407. The lowest BCUT2D eigenvalue weighted by Gasteiger charge is -2.04. The Hall–Kier alpha value is -1.20. The van der Waals surface area contributed by atoms with E-state index in [0.717, 1.165) is 28.4 Å². The first kappa shape index (κ1) is 14.2. The highest BCUT2D eigenvalue weighted by Crippen LogP contribution is 2.27. The molecular formula is C14H17BrN2O2. The minimum atomic E-state index is -0.417. The molecule has 4 nitrogen and oxygen atoms in total. The van der Waals surface area contributed by atoms with Crippen molar-refractivity contribution in [3.8, 4) is 11.4 Å².